The lowest BCUT2D eigenvalue weighted by Gasteiger charge is -2.11. The fourth-order valence-corrected chi connectivity index (χ4v) is 4.12. The van der Waals surface area contributed by atoms with E-state index in [0.717, 1.165) is 34.6 Å². The third-order valence-corrected chi connectivity index (χ3v) is 6.33. The Balaban J connectivity index is 1.42. The molecule has 0 aliphatic carbocycles. The van der Waals surface area contributed by atoms with Crippen LogP contribution in [-0.2, 0) is 12.7 Å². The Morgan fingerprint density at radius 3 is 2.10 bits per heavy atom. The molecule has 0 fully saturated rings. The Hall–Kier alpha value is -4.82. The summed E-state index contributed by atoms with van der Waals surface area (Å²) in [6, 6.07) is 9.81. The number of anilines is 1. The van der Waals surface area contributed by atoms with E-state index in [2.05, 4.69) is 20.5 Å². The molecule has 0 bridgehead atoms. The van der Waals surface area contributed by atoms with E-state index < -0.39 is 64.7 Å². The minimum absolute atomic E-state index is 0.00358. The highest BCUT2D eigenvalue weighted by Gasteiger charge is 2.36. The smallest absolute Gasteiger partial charge is 0.304 e. The molecule has 5 aromatic rings. The lowest BCUT2D eigenvalue weighted by atomic mass is 10.0. The first kappa shape index (κ1) is 28.7. The summed E-state index contributed by atoms with van der Waals surface area (Å²) < 4.78 is 111. The monoisotopic (exact) mass is 594 g/mol. The van der Waals surface area contributed by atoms with Gasteiger partial charge in [-0.1, -0.05) is 38.1 Å². The molecule has 2 aromatic carbocycles. The van der Waals surface area contributed by atoms with Crippen LogP contribution in [0.2, 0.25) is 0 Å². The Morgan fingerprint density at radius 1 is 0.881 bits per heavy atom. The zero-order valence-electron chi connectivity index (χ0n) is 21.6. The van der Waals surface area contributed by atoms with Gasteiger partial charge in [-0.3, -0.25) is 9.48 Å². The van der Waals surface area contributed by atoms with Gasteiger partial charge in [-0.05, 0) is 17.5 Å². The number of alkyl halides is 3. The minimum atomic E-state index is -4.85. The predicted molar refractivity (Wildman–Crippen MR) is 133 cm³/mol. The molecule has 42 heavy (non-hydrogen) atoms. The fraction of sp³-hybridized carbons (Fsp3) is 0.185. The maximum atomic E-state index is 14.0. The van der Waals surface area contributed by atoms with Crippen molar-refractivity contribution in [2.75, 3.05) is 5.32 Å². The summed E-state index contributed by atoms with van der Waals surface area (Å²) >= 11 is 0. The molecule has 5 rings (SSSR count). The van der Waals surface area contributed by atoms with Crippen LogP contribution in [0.1, 0.15) is 47.1 Å². The van der Waals surface area contributed by atoms with E-state index in [1.165, 1.54) is 0 Å². The van der Waals surface area contributed by atoms with Gasteiger partial charge in [0.2, 0.25) is 5.82 Å². The van der Waals surface area contributed by atoms with E-state index in [9.17, 15) is 39.9 Å². The minimum Gasteiger partial charge on any atom is -0.304 e. The molecule has 0 saturated carbocycles. The van der Waals surface area contributed by atoms with Crippen LogP contribution in [0.4, 0.5) is 40.9 Å². The summed E-state index contributed by atoms with van der Waals surface area (Å²) in [5.41, 5.74) is -1.67. The van der Waals surface area contributed by atoms with Gasteiger partial charge in [-0.15, -0.1) is 0 Å². The summed E-state index contributed by atoms with van der Waals surface area (Å²) in [4.78, 5) is 17.0. The number of halogens is 8. The van der Waals surface area contributed by atoms with Crippen LogP contribution in [-0.4, -0.2) is 30.3 Å². The van der Waals surface area contributed by atoms with Crippen LogP contribution in [0.3, 0.4) is 0 Å². The van der Waals surface area contributed by atoms with Crippen LogP contribution in [0, 0.1) is 29.1 Å². The molecule has 0 unspecified atom stereocenters. The number of benzene rings is 2. The molecular weight excluding hydrogens is 576 g/mol. The lowest BCUT2D eigenvalue weighted by molar-refractivity contribution is -0.142. The molecule has 0 radical (unpaired) electrons. The zero-order valence-corrected chi connectivity index (χ0v) is 21.6. The van der Waals surface area contributed by atoms with E-state index in [1.807, 2.05) is 13.8 Å². The summed E-state index contributed by atoms with van der Waals surface area (Å²) in [5, 5.41) is 9.80. The molecule has 0 aliphatic heterocycles. The van der Waals surface area contributed by atoms with Crippen LogP contribution < -0.4 is 5.32 Å². The van der Waals surface area contributed by atoms with Gasteiger partial charge < -0.3 is 5.32 Å². The second-order valence-electron chi connectivity index (χ2n) is 9.50. The number of nitrogens with zero attached hydrogens (tertiary/aromatic N) is 5. The highest BCUT2D eigenvalue weighted by molar-refractivity contribution is 6.03. The zero-order chi connectivity index (χ0) is 30.5. The quantitative estimate of drug-likeness (QED) is 0.134. The summed E-state index contributed by atoms with van der Waals surface area (Å²) in [6.45, 7) is 3.06. The largest absolute Gasteiger partial charge is 0.433 e. The van der Waals surface area contributed by atoms with Crippen molar-refractivity contribution in [2.24, 2.45) is 0 Å². The number of carbonyl (C=O) groups is 1. The van der Waals surface area contributed by atoms with Gasteiger partial charge in [0.1, 0.15) is 0 Å². The predicted octanol–water partition coefficient (Wildman–Crippen LogP) is 6.73. The van der Waals surface area contributed by atoms with E-state index in [-0.39, 0.29) is 23.1 Å². The van der Waals surface area contributed by atoms with E-state index in [0.29, 0.717) is 10.1 Å². The first-order chi connectivity index (χ1) is 19.7. The van der Waals surface area contributed by atoms with Crippen LogP contribution >= 0.6 is 0 Å². The third-order valence-electron chi connectivity index (χ3n) is 6.33. The van der Waals surface area contributed by atoms with Crippen molar-refractivity contribution in [1.82, 2.24) is 24.4 Å². The van der Waals surface area contributed by atoms with Gasteiger partial charge in [-0.2, -0.15) is 23.4 Å². The van der Waals surface area contributed by atoms with Gasteiger partial charge in [0.15, 0.2) is 46.1 Å². The van der Waals surface area contributed by atoms with E-state index >= 15 is 0 Å². The third kappa shape index (κ3) is 5.29. The van der Waals surface area contributed by atoms with Crippen molar-refractivity contribution in [2.45, 2.75) is 32.5 Å². The van der Waals surface area contributed by atoms with Crippen molar-refractivity contribution < 1.29 is 39.9 Å². The number of aromatic nitrogens is 5. The molecule has 0 atom stereocenters. The summed E-state index contributed by atoms with van der Waals surface area (Å²) in [7, 11) is 0. The maximum Gasteiger partial charge on any atom is 0.433 e. The second-order valence-corrected chi connectivity index (χ2v) is 9.50. The average molecular weight is 594 g/mol. The Morgan fingerprint density at radius 2 is 1.50 bits per heavy atom. The SMILES string of the molecule is CC(C)c1ccc(-c2cc(C(F)(F)F)n3nc(C(=O)Nc4ccn(Cc5c(F)c(F)c(F)c(F)c5F)n4)cc3n2)cc1. The average Bonchev–Trinajstić information content (AvgIpc) is 3.59. The van der Waals surface area contributed by atoms with E-state index in [4.69, 9.17) is 0 Å². The number of hydrogen-bond donors (Lipinski definition) is 1. The topological polar surface area (TPSA) is 77.1 Å². The Bertz CT molecular complexity index is 1800. The fourth-order valence-electron chi connectivity index (χ4n) is 4.12. The molecule has 0 spiro atoms. The lowest BCUT2D eigenvalue weighted by Crippen LogP contribution is -2.16. The van der Waals surface area contributed by atoms with Crippen LogP contribution in [0.25, 0.3) is 16.9 Å². The Labute approximate surface area is 231 Å². The summed E-state index contributed by atoms with van der Waals surface area (Å²) in [6.07, 6.45) is -3.77. The van der Waals surface area contributed by atoms with Crippen LogP contribution in [0.5, 0.6) is 0 Å². The van der Waals surface area contributed by atoms with Crippen LogP contribution in [0.15, 0.2) is 48.7 Å². The molecular formula is C27H18F8N6O. The van der Waals surface area contributed by atoms with Gasteiger partial charge in [0.05, 0.1) is 17.8 Å². The normalized spacial score (nSPS) is 12.0. The number of amides is 1. The van der Waals surface area contributed by atoms with Gasteiger partial charge >= 0.3 is 6.18 Å². The molecule has 1 amide bonds. The molecule has 0 aliphatic rings. The molecule has 218 valence electrons. The van der Waals surface area contributed by atoms with E-state index in [1.54, 1.807) is 24.3 Å². The highest BCUT2D eigenvalue weighted by atomic mass is 19.4. The Kier molecular flexibility index (Phi) is 7.20. The van der Waals surface area contributed by atoms with Gasteiger partial charge in [-0.25, -0.2) is 31.5 Å². The standard InChI is InChI=1S/C27H18F8N6O/c1-12(2)13-3-5-14(6-4-13)16-9-18(27(33,34)35)41-20(36-16)10-17(38-41)26(42)37-19-7-8-40(39-19)11-15-21(28)23(30)25(32)24(31)22(15)29/h3-10,12H,11H2,1-2H3,(H,37,39,42). The molecule has 0 saturated heterocycles. The number of nitrogens with one attached hydrogen (secondary N) is 1. The molecule has 7 nitrogen and oxygen atoms in total. The number of carbonyl (C=O) groups excluding carboxylic acids is 1. The van der Waals surface area contributed by atoms with Crippen molar-refractivity contribution in [3.8, 4) is 11.3 Å². The maximum absolute atomic E-state index is 14.0. The first-order valence-corrected chi connectivity index (χ1v) is 12.2. The van der Waals surface area contributed by atoms with Gasteiger partial charge in [0.25, 0.3) is 5.91 Å². The van der Waals surface area contributed by atoms with Crippen molar-refractivity contribution in [1.29, 1.82) is 0 Å². The van der Waals surface area contributed by atoms with Crippen molar-refractivity contribution in [3.63, 3.8) is 0 Å². The molecule has 15 heteroatoms. The second kappa shape index (κ2) is 10.5. The number of hydrogen-bond acceptors (Lipinski definition) is 4. The van der Waals surface area contributed by atoms with Crippen molar-refractivity contribution >= 4 is 17.4 Å². The highest BCUT2D eigenvalue weighted by Crippen LogP contribution is 2.33. The molecule has 1 N–H and O–H groups in total. The van der Waals surface area contributed by atoms with Gasteiger partial charge in [0, 0.05) is 23.9 Å². The number of rotatable bonds is 6. The summed E-state index contributed by atoms with van der Waals surface area (Å²) in [5.74, 6) is -11.7. The molecule has 3 heterocycles. The molecule has 3 aromatic heterocycles. The van der Waals surface area contributed by atoms with Crippen molar-refractivity contribution in [3.05, 3.63) is 100 Å². The number of fused-ring (bicyclic) bond motifs is 1. The first-order valence-electron chi connectivity index (χ1n) is 12.2.